The van der Waals surface area contributed by atoms with Crippen LogP contribution in [-0.4, -0.2) is 29.7 Å². The largest absolute Gasteiger partial charge is 0.495 e. The number of anilines is 1. The molecular formula is C15H16N2O4. The van der Waals surface area contributed by atoms with Crippen molar-refractivity contribution in [1.82, 2.24) is 4.98 Å². The highest BCUT2D eigenvalue weighted by atomic mass is 16.5. The number of carbonyl (C=O) groups excluding carboxylic acids is 1. The summed E-state index contributed by atoms with van der Waals surface area (Å²) in [5, 5.41) is 11.6. The number of para-hydroxylation sites is 2. The van der Waals surface area contributed by atoms with E-state index in [9.17, 15) is 4.79 Å². The van der Waals surface area contributed by atoms with Crippen molar-refractivity contribution in [2.75, 3.05) is 19.0 Å². The summed E-state index contributed by atoms with van der Waals surface area (Å²) >= 11 is 0. The highest BCUT2D eigenvalue weighted by Crippen LogP contribution is 2.22. The van der Waals surface area contributed by atoms with E-state index in [1.807, 2.05) is 6.07 Å². The smallest absolute Gasteiger partial charge is 0.262 e. The van der Waals surface area contributed by atoms with E-state index >= 15 is 0 Å². The van der Waals surface area contributed by atoms with Crippen LogP contribution >= 0.6 is 0 Å². The molecule has 0 saturated heterocycles. The van der Waals surface area contributed by atoms with E-state index in [1.54, 1.807) is 30.3 Å². The van der Waals surface area contributed by atoms with Gasteiger partial charge in [-0.05, 0) is 24.3 Å². The molecule has 1 aromatic carbocycles. The molecule has 0 saturated carbocycles. The highest BCUT2D eigenvalue weighted by molar-refractivity contribution is 5.93. The van der Waals surface area contributed by atoms with Gasteiger partial charge in [-0.3, -0.25) is 9.78 Å². The van der Waals surface area contributed by atoms with Crippen LogP contribution in [-0.2, 0) is 11.4 Å². The number of pyridine rings is 1. The lowest BCUT2D eigenvalue weighted by Gasteiger charge is -2.10. The van der Waals surface area contributed by atoms with Crippen LogP contribution in [0.15, 0.2) is 42.6 Å². The number of aliphatic hydroxyl groups is 1. The summed E-state index contributed by atoms with van der Waals surface area (Å²) in [6, 6.07) is 10.4. The van der Waals surface area contributed by atoms with E-state index in [4.69, 9.17) is 14.6 Å². The minimum atomic E-state index is -0.300. The molecule has 1 amide bonds. The zero-order valence-corrected chi connectivity index (χ0v) is 11.6. The third kappa shape index (κ3) is 4.19. The molecule has 0 bridgehead atoms. The number of hydrogen-bond acceptors (Lipinski definition) is 5. The molecule has 0 unspecified atom stereocenters. The van der Waals surface area contributed by atoms with Gasteiger partial charge in [0.1, 0.15) is 11.5 Å². The minimum absolute atomic E-state index is 0.130. The molecule has 0 aliphatic rings. The molecule has 0 aliphatic heterocycles. The maximum atomic E-state index is 11.8. The van der Waals surface area contributed by atoms with Gasteiger partial charge in [0.05, 0.1) is 31.3 Å². The number of ether oxygens (including phenoxy) is 2. The van der Waals surface area contributed by atoms with Gasteiger partial charge in [0.2, 0.25) is 0 Å². The van der Waals surface area contributed by atoms with Crippen molar-refractivity contribution in [2.24, 2.45) is 0 Å². The zero-order chi connectivity index (χ0) is 15.1. The van der Waals surface area contributed by atoms with Gasteiger partial charge in [0, 0.05) is 0 Å². The van der Waals surface area contributed by atoms with Crippen molar-refractivity contribution in [3.8, 4) is 11.5 Å². The number of rotatable bonds is 6. The standard InChI is InChI=1S/C15H16N2O4/c1-20-14-5-3-2-4-13(14)17-15(19)10-21-12-7-6-11(9-18)16-8-12/h2-8,18H,9-10H2,1H3,(H,17,19). The molecule has 110 valence electrons. The summed E-state index contributed by atoms with van der Waals surface area (Å²) in [6.45, 7) is -0.271. The molecule has 0 radical (unpaired) electrons. The average Bonchev–Trinajstić information content (AvgIpc) is 2.54. The number of hydrogen-bond donors (Lipinski definition) is 2. The van der Waals surface area contributed by atoms with Crippen LogP contribution in [0.3, 0.4) is 0 Å². The van der Waals surface area contributed by atoms with E-state index in [0.717, 1.165) is 0 Å². The lowest BCUT2D eigenvalue weighted by atomic mass is 10.3. The third-order valence-electron chi connectivity index (χ3n) is 2.71. The summed E-state index contributed by atoms with van der Waals surface area (Å²) in [7, 11) is 1.54. The number of benzene rings is 1. The third-order valence-corrected chi connectivity index (χ3v) is 2.71. The predicted octanol–water partition coefficient (Wildman–Crippen LogP) is 1.60. The fourth-order valence-corrected chi connectivity index (χ4v) is 1.67. The first kappa shape index (κ1) is 14.8. The number of aromatic nitrogens is 1. The number of methoxy groups -OCH3 is 1. The summed E-state index contributed by atoms with van der Waals surface area (Å²) < 4.78 is 10.5. The fourth-order valence-electron chi connectivity index (χ4n) is 1.67. The number of carbonyl (C=O) groups is 1. The molecule has 21 heavy (non-hydrogen) atoms. The molecule has 6 nitrogen and oxygen atoms in total. The van der Waals surface area contributed by atoms with Crippen LogP contribution in [0.4, 0.5) is 5.69 Å². The van der Waals surface area contributed by atoms with E-state index in [-0.39, 0.29) is 19.1 Å². The van der Waals surface area contributed by atoms with Crippen LogP contribution < -0.4 is 14.8 Å². The van der Waals surface area contributed by atoms with Crippen LogP contribution in [0.25, 0.3) is 0 Å². The van der Waals surface area contributed by atoms with Crippen LogP contribution in [0.2, 0.25) is 0 Å². The maximum Gasteiger partial charge on any atom is 0.262 e. The normalized spacial score (nSPS) is 10.0. The minimum Gasteiger partial charge on any atom is -0.495 e. The Balaban J connectivity index is 1.89. The predicted molar refractivity (Wildman–Crippen MR) is 77.3 cm³/mol. The summed E-state index contributed by atoms with van der Waals surface area (Å²) in [5.74, 6) is 0.743. The number of aliphatic hydroxyl groups excluding tert-OH is 1. The number of nitrogens with zero attached hydrogens (tertiary/aromatic N) is 1. The molecule has 0 atom stereocenters. The molecule has 1 heterocycles. The Bertz CT molecular complexity index is 599. The molecule has 0 fully saturated rings. The van der Waals surface area contributed by atoms with E-state index in [0.29, 0.717) is 22.9 Å². The second kappa shape index (κ2) is 7.25. The van der Waals surface area contributed by atoms with Crippen LogP contribution in [0, 0.1) is 0 Å². The van der Waals surface area contributed by atoms with Crippen molar-refractivity contribution in [3.63, 3.8) is 0 Å². The molecule has 2 rings (SSSR count). The lowest BCUT2D eigenvalue weighted by Crippen LogP contribution is -2.20. The number of nitrogens with one attached hydrogen (secondary N) is 1. The molecule has 0 spiro atoms. The van der Waals surface area contributed by atoms with E-state index in [1.165, 1.54) is 13.3 Å². The van der Waals surface area contributed by atoms with E-state index in [2.05, 4.69) is 10.3 Å². The van der Waals surface area contributed by atoms with Crippen LogP contribution in [0.1, 0.15) is 5.69 Å². The molecule has 2 N–H and O–H groups in total. The topological polar surface area (TPSA) is 80.7 Å². The number of amides is 1. The fraction of sp³-hybridized carbons (Fsp3) is 0.200. The first-order valence-electron chi connectivity index (χ1n) is 6.34. The van der Waals surface area contributed by atoms with Gasteiger partial charge in [0.25, 0.3) is 5.91 Å². The first-order valence-corrected chi connectivity index (χ1v) is 6.34. The monoisotopic (exact) mass is 288 g/mol. The lowest BCUT2D eigenvalue weighted by molar-refractivity contribution is -0.118. The molecule has 1 aromatic heterocycles. The Labute approximate surface area is 122 Å². The summed E-state index contributed by atoms with van der Waals surface area (Å²) in [6.07, 6.45) is 1.46. The Kier molecular flexibility index (Phi) is 5.11. The van der Waals surface area contributed by atoms with Gasteiger partial charge < -0.3 is 19.9 Å². The Morgan fingerprint density at radius 1 is 1.29 bits per heavy atom. The van der Waals surface area contributed by atoms with Gasteiger partial charge in [0.15, 0.2) is 6.61 Å². The average molecular weight is 288 g/mol. The summed E-state index contributed by atoms with van der Waals surface area (Å²) in [5.41, 5.74) is 1.13. The molecular weight excluding hydrogens is 272 g/mol. The Hall–Kier alpha value is -2.60. The van der Waals surface area contributed by atoms with Crippen molar-refractivity contribution in [3.05, 3.63) is 48.3 Å². The SMILES string of the molecule is COc1ccccc1NC(=O)COc1ccc(CO)nc1. The van der Waals surface area contributed by atoms with Crippen molar-refractivity contribution in [1.29, 1.82) is 0 Å². The van der Waals surface area contributed by atoms with Crippen molar-refractivity contribution in [2.45, 2.75) is 6.61 Å². The van der Waals surface area contributed by atoms with Gasteiger partial charge in [-0.15, -0.1) is 0 Å². The zero-order valence-electron chi connectivity index (χ0n) is 11.6. The maximum absolute atomic E-state index is 11.8. The summed E-state index contributed by atoms with van der Waals surface area (Å²) in [4.78, 5) is 15.8. The first-order chi connectivity index (χ1) is 10.2. The molecule has 2 aromatic rings. The van der Waals surface area contributed by atoms with Gasteiger partial charge >= 0.3 is 0 Å². The van der Waals surface area contributed by atoms with E-state index < -0.39 is 0 Å². The van der Waals surface area contributed by atoms with Crippen molar-refractivity contribution < 1.29 is 19.4 Å². The quantitative estimate of drug-likeness (QED) is 0.844. The van der Waals surface area contributed by atoms with Gasteiger partial charge in [-0.1, -0.05) is 12.1 Å². The second-order valence-electron chi connectivity index (χ2n) is 4.18. The molecule has 0 aliphatic carbocycles. The molecule has 6 heteroatoms. The van der Waals surface area contributed by atoms with Gasteiger partial charge in [-0.2, -0.15) is 0 Å². The second-order valence-corrected chi connectivity index (χ2v) is 4.18. The van der Waals surface area contributed by atoms with Crippen molar-refractivity contribution >= 4 is 11.6 Å². The Morgan fingerprint density at radius 2 is 2.10 bits per heavy atom. The highest BCUT2D eigenvalue weighted by Gasteiger charge is 2.07. The Morgan fingerprint density at radius 3 is 2.76 bits per heavy atom. The van der Waals surface area contributed by atoms with Crippen LogP contribution in [0.5, 0.6) is 11.5 Å². The van der Waals surface area contributed by atoms with Gasteiger partial charge in [-0.25, -0.2) is 0 Å².